The van der Waals surface area contributed by atoms with Crippen LogP contribution in [0.25, 0.3) is 0 Å². The van der Waals surface area contributed by atoms with Crippen molar-refractivity contribution >= 4 is 17.8 Å². The molecule has 0 bridgehead atoms. The van der Waals surface area contributed by atoms with Gasteiger partial charge in [-0.3, -0.25) is 4.90 Å². The summed E-state index contributed by atoms with van der Waals surface area (Å²) < 4.78 is 5.22. The van der Waals surface area contributed by atoms with Crippen molar-refractivity contribution in [1.29, 1.82) is 0 Å². The zero-order valence-electron chi connectivity index (χ0n) is 8.73. The van der Waals surface area contributed by atoms with Crippen molar-refractivity contribution in [3.05, 3.63) is 22.8 Å². The van der Waals surface area contributed by atoms with Crippen molar-refractivity contribution in [2.24, 2.45) is 0 Å². The summed E-state index contributed by atoms with van der Waals surface area (Å²) in [5, 5.41) is 6.03. The van der Waals surface area contributed by atoms with Gasteiger partial charge in [-0.15, -0.1) is 0 Å². The van der Waals surface area contributed by atoms with Crippen LogP contribution < -0.4 is 10.6 Å². The van der Waals surface area contributed by atoms with Gasteiger partial charge in [0.05, 0.1) is 0 Å². The Bertz CT molecular complexity index is 380. The Balaban J connectivity index is 1.70. The van der Waals surface area contributed by atoms with Gasteiger partial charge in [0.2, 0.25) is 0 Å². The van der Waals surface area contributed by atoms with E-state index in [4.69, 9.17) is 4.74 Å². The lowest BCUT2D eigenvalue weighted by Gasteiger charge is -2.32. The zero-order chi connectivity index (χ0) is 11.0. The Morgan fingerprint density at radius 2 is 2.50 bits per heavy atom. The van der Waals surface area contributed by atoms with E-state index in [1.165, 1.54) is 10.6 Å². The number of urea groups is 1. The molecule has 86 valence electrons. The van der Waals surface area contributed by atoms with Gasteiger partial charge in [0.25, 0.3) is 0 Å². The lowest BCUT2D eigenvalue weighted by Crippen LogP contribution is -2.54. The van der Waals surface area contributed by atoms with Crippen LogP contribution in [0.5, 0.6) is 0 Å². The highest BCUT2D eigenvalue weighted by Gasteiger charge is 2.33. The molecule has 1 unspecified atom stereocenters. The van der Waals surface area contributed by atoms with Crippen molar-refractivity contribution in [1.82, 2.24) is 15.5 Å². The Morgan fingerprint density at radius 1 is 1.56 bits per heavy atom. The number of hydrogen-bond donors (Lipinski definition) is 2. The smallest absolute Gasteiger partial charge is 0.323 e. The Kier molecular flexibility index (Phi) is 2.53. The fourth-order valence-electron chi connectivity index (χ4n) is 1.93. The van der Waals surface area contributed by atoms with Crippen molar-refractivity contribution < 1.29 is 9.53 Å². The second-order valence-electron chi connectivity index (χ2n) is 3.83. The average Bonchev–Trinajstić information content (AvgIpc) is 2.73. The SMILES string of the molecule is O=C1NCOCN1C1NC2=C(C=CCC2)S1. The summed E-state index contributed by atoms with van der Waals surface area (Å²) in [6.07, 6.45) is 6.40. The minimum absolute atomic E-state index is 0.0342. The molecule has 6 heteroatoms. The molecule has 2 aliphatic heterocycles. The first kappa shape index (κ1) is 10.0. The van der Waals surface area contributed by atoms with Gasteiger partial charge in [-0.2, -0.15) is 0 Å². The van der Waals surface area contributed by atoms with E-state index in [9.17, 15) is 4.79 Å². The molecule has 0 spiro atoms. The molecule has 0 saturated carbocycles. The highest BCUT2D eigenvalue weighted by molar-refractivity contribution is 8.04. The van der Waals surface area contributed by atoms with Gasteiger partial charge in [0.1, 0.15) is 13.5 Å². The van der Waals surface area contributed by atoms with Crippen LogP contribution in [0.3, 0.4) is 0 Å². The molecule has 0 radical (unpaired) electrons. The topological polar surface area (TPSA) is 53.6 Å². The average molecular weight is 239 g/mol. The van der Waals surface area contributed by atoms with Crippen molar-refractivity contribution in [3.8, 4) is 0 Å². The van der Waals surface area contributed by atoms with Gasteiger partial charge < -0.3 is 15.4 Å². The Morgan fingerprint density at radius 3 is 3.31 bits per heavy atom. The molecule has 2 N–H and O–H groups in total. The normalized spacial score (nSPS) is 28.9. The van der Waals surface area contributed by atoms with Crippen molar-refractivity contribution in [2.75, 3.05) is 13.5 Å². The third kappa shape index (κ3) is 1.68. The second kappa shape index (κ2) is 4.03. The van der Waals surface area contributed by atoms with E-state index in [-0.39, 0.29) is 11.5 Å². The molecule has 0 aromatic carbocycles. The summed E-state index contributed by atoms with van der Waals surface area (Å²) in [6, 6.07) is -0.0694. The highest BCUT2D eigenvalue weighted by atomic mass is 32.2. The third-order valence-corrected chi connectivity index (χ3v) is 4.00. The van der Waals surface area contributed by atoms with Crippen LogP contribution in [-0.4, -0.2) is 29.9 Å². The summed E-state index contributed by atoms with van der Waals surface area (Å²) in [4.78, 5) is 14.5. The fourth-order valence-corrected chi connectivity index (χ4v) is 3.13. The molecule has 1 aliphatic carbocycles. The molecule has 1 fully saturated rings. The first-order valence-corrected chi connectivity index (χ1v) is 6.18. The molecule has 2 amide bonds. The van der Waals surface area contributed by atoms with E-state index in [1.807, 2.05) is 0 Å². The lowest BCUT2D eigenvalue weighted by molar-refractivity contribution is 0.00231. The Labute approximate surface area is 97.9 Å². The maximum atomic E-state index is 11.6. The zero-order valence-corrected chi connectivity index (χ0v) is 9.55. The first-order chi connectivity index (χ1) is 7.84. The number of ether oxygens (including phenoxy) is 1. The molecule has 3 rings (SSSR count). The predicted molar refractivity (Wildman–Crippen MR) is 61.1 cm³/mol. The standard InChI is InChI=1S/C10H13N3O2S/c14-9-11-5-15-6-13(9)10-12-7-3-1-2-4-8(7)16-10/h2,4,10,12H,1,3,5-6H2,(H,11,14). The van der Waals surface area contributed by atoms with Gasteiger partial charge in [-0.05, 0) is 12.8 Å². The van der Waals surface area contributed by atoms with Crippen LogP contribution >= 0.6 is 11.8 Å². The first-order valence-electron chi connectivity index (χ1n) is 5.30. The quantitative estimate of drug-likeness (QED) is 0.720. The van der Waals surface area contributed by atoms with Gasteiger partial charge in [0, 0.05) is 10.6 Å². The summed E-state index contributed by atoms with van der Waals surface area (Å²) in [6.45, 7) is 0.653. The van der Waals surface area contributed by atoms with Crippen LogP contribution in [0.1, 0.15) is 12.8 Å². The number of rotatable bonds is 1. The monoisotopic (exact) mass is 239 g/mol. The number of hydrogen-bond acceptors (Lipinski definition) is 4. The van der Waals surface area contributed by atoms with Crippen molar-refractivity contribution in [2.45, 2.75) is 18.3 Å². The van der Waals surface area contributed by atoms with E-state index in [1.54, 1.807) is 16.7 Å². The van der Waals surface area contributed by atoms with E-state index in [0.29, 0.717) is 13.5 Å². The highest BCUT2D eigenvalue weighted by Crippen LogP contribution is 2.37. The molecule has 5 nitrogen and oxygen atoms in total. The summed E-state index contributed by atoms with van der Waals surface area (Å²) in [5.41, 5.74) is 1.21. The third-order valence-electron chi connectivity index (χ3n) is 2.76. The number of carbonyl (C=O) groups excluding carboxylic acids is 1. The van der Waals surface area contributed by atoms with Crippen LogP contribution in [0.4, 0.5) is 4.79 Å². The van der Waals surface area contributed by atoms with E-state index < -0.39 is 0 Å². The van der Waals surface area contributed by atoms with Crippen LogP contribution in [0.15, 0.2) is 22.8 Å². The molecule has 2 heterocycles. The van der Waals surface area contributed by atoms with Crippen LogP contribution in [-0.2, 0) is 4.74 Å². The lowest BCUT2D eigenvalue weighted by atomic mass is 10.1. The number of nitrogens with one attached hydrogen (secondary N) is 2. The van der Waals surface area contributed by atoms with Gasteiger partial charge in [-0.25, -0.2) is 4.79 Å². The van der Waals surface area contributed by atoms with Gasteiger partial charge in [-0.1, -0.05) is 23.9 Å². The maximum Gasteiger partial charge on any atom is 0.323 e. The number of amides is 2. The molecule has 1 saturated heterocycles. The molecule has 0 aromatic rings. The molecule has 1 atom stereocenters. The fraction of sp³-hybridized carbons (Fsp3) is 0.500. The van der Waals surface area contributed by atoms with E-state index >= 15 is 0 Å². The van der Waals surface area contributed by atoms with Crippen LogP contribution in [0, 0.1) is 0 Å². The minimum Gasteiger partial charge on any atom is -0.359 e. The molecule has 3 aliphatic rings. The van der Waals surface area contributed by atoms with Crippen molar-refractivity contribution in [3.63, 3.8) is 0 Å². The molecule has 16 heavy (non-hydrogen) atoms. The number of allylic oxidation sites excluding steroid dienone is 3. The molecule has 0 aromatic heterocycles. The van der Waals surface area contributed by atoms with Gasteiger partial charge in [0.15, 0.2) is 5.50 Å². The Hall–Kier alpha value is -1.14. The summed E-state index contributed by atoms with van der Waals surface area (Å²) in [7, 11) is 0. The molecular weight excluding hydrogens is 226 g/mol. The van der Waals surface area contributed by atoms with Crippen LogP contribution in [0.2, 0.25) is 0 Å². The largest absolute Gasteiger partial charge is 0.359 e. The van der Waals surface area contributed by atoms with E-state index in [2.05, 4.69) is 22.8 Å². The van der Waals surface area contributed by atoms with Gasteiger partial charge >= 0.3 is 6.03 Å². The minimum atomic E-state index is -0.0694. The maximum absolute atomic E-state index is 11.6. The number of carbonyl (C=O) groups is 1. The summed E-state index contributed by atoms with van der Waals surface area (Å²) >= 11 is 1.67. The predicted octanol–water partition coefficient (Wildman–Crippen LogP) is 1.12. The summed E-state index contributed by atoms with van der Waals surface area (Å²) in [5.74, 6) is 0. The van der Waals surface area contributed by atoms with E-state index in [0.717, 1.165) is 12.8 Å². The second-order valence-corrected chi connectivity index (χ2v) is 4.95. The number of nitrogens with zero attached hydrogens (tertiary/aromatic N) is 1. The number of thioether (sulfide) groups is 1. The molecular formula is C10H13N3O2S.